The van der Waals surface area contributed by atoms with Gasteiger partial charge < -0.3 is 0 Å². The second kappa shape index (κ2) is 8.04. The molecule has 1 spiro atoms. The fourth-order valence-corrected chi connectivity index (χ4v) is 6.03. The van der Waals surface area contributed by atoms with Crippen molar-refractivity contribution in [2.45, 2.75) is 59.3 Å². The Morgan fingerprint density at radius 3 is 2.03 bits per heavy atom. The minimum atomic E-state index is -3.23. The Kier molecular flexibility index (Phi) is 6.03. The molecule has 0 bridgehead atoms. The van der Waals surface area contributed by atoms with Crippen LogP contribution in [0.15, 0.2) is 12.1 Å². The Hall–Kier alpha value is -1.97. The number of aryl methyl sites for hydroxylation is 2. The molecular weight excluding hydrogens is 386 g/mol. The summed E-state index contributed by atoms with van der Waals surface area (Å²) in [7, 11) is -3.23. The van der Waals surface area contributed by atoms with Gasteiger partial charge in [0.15, 0.2) is 0 Å². The van der Waals surface area contributed by atoms with Crippen molar-refractivity contribution in [2.24, 2.45) is 5.41 Å². The summed E-state index contributed by atoms with van der Waals surface area (Å²) in [6.07, 6.45) is 1.83. The van der Waals surface area contributed by atoms with E-state index < -0.39 is 15.9 Å². The lowest BCUT2D eigenvalue weighted by Gasteiger charge is -2.44. The van der Waals surface area contributed by atoms with Crippen LogP contribution in [0.25, 0.3) is 0 Å². The van der Waals surface area contributed by atoms with Crippen LogP contribution in [-0.2, 0) is 19.6 Å². The normalized spacial score (nSPS) is 20.6. The number of sulfonamides is 1. The monoisotopic (exact) mass is 415 g/mol. The minimum Gasteiger partial charge on any atom is -0.299 e. The number of hydrogen-bond donors (Lipinski definition) is 0. The van der Waals surface area contributed by atoms with Gasteiger partial charge in [-0.2, -0.15) is 0 Å². The number of piperidine rings is 1. The van der Waals surface area contributed by atoms with Crippen LogP contribution in [0.3, 0.4) is 0 Å². The molecule has 2 aliphatic rings. The molecule has 1 aliphatic carbocycles. The second-order valence-corrected chi connectivity index (χ2v) is 10.7. The van der Waals surface area contributed by atoms with Gasteiger partial charge in [-0.3, -0.25) is 9.59 Å². The van der Waals surface area contributed by atoms with Crippen LogP contribution >= 0.6 is 0 Å². The van der Waals surface area contributed by atoms with Gasteiger partial charge in [-0.15, -0.1) is 5.92 Å². The standard InChI is InChI=1S/C23H29NO4S/c1-5-7-18-12-16(3)21(17(4)13-18)22-19(25)14-23(15-20(22)26)8-10-24(11-9-23)29(27,28)6-2/h12-13,22H,6,8-11,14-15H2,1-4H3. The van der Waals surface area contributed by atoms with Crippen LogP contribution in [0, 0.1) is 31.1 Å². The first kappa shape index (κ1) is 21.7. The summed E-state index contributed by atoms with van der Waals surface area (Å²) < 4.78 is 25.7. The topological polar surface area (TPSA) is 71.5 Å². The van der Waals surface area contributed by atoms with E-state index in [0.29, 0.717) is 38.8 Å². The van der Waals surface area contributed by atoms with Gasteiger partial charge in [-0.05, 0) is 74.8 Å². The minimum absolute atomic E-state index is 0.0337. The number of nitrogens with zero attached hydrogens (tertiary/aromatic N) is 1. The Bertz CT molecular complexity index is 962. The molecular formula is C23H29NO4S. The first-order valence-corrected chi connectivity index (χ1v) is 11.8. The van der Waals surface area contributed by atoms with Gasteiger partial charge in [-0.25, -0.2) is 12.7 Å². The Labute approximate surface area is 173 Å². The van der Waals surface area contributed by atoms with Gasteiger partial charge in [0.05, 0.1) is 5.75 Å². The van der Waals surface area contributed by atoms with Crippen molar-refractivity contribution >= 4 is 21.6 Å². The molecule has 0 aromatic heterocycles. The summed E-state index contributed by atoms with van der Waals surface area (Å²) in [5.41, 5.74) is 3.17. The molecule has 0 unspecified atom stereocenters. The molecule has 5 nitrogen and oxygen atoms in total. The van der Waals surface area contributed by atoms with Crippen molar-refractivity contribution in [2.75, 3.05) is 18.8 Å². The van der Waals surface area contributed by atoms with Crippen molar-refractivity contribution in [3.63, 3.8) is 0 Å². The number of Topliss-reactive ketones (excluding diaryl/α,β-unsaturated/α-hetero) is 2. The Morgan fingerprint density at radius 2 is 1.59 bits per heavy atom. The third-order valence-corrected chi connectivity index (χ3v) is 8.32. The summed E-state index contributed by atoms with van der Waals surface area (Å²) in [4.78, 5) is 26.3. The van der Waals surface area contributed by atoms with E-state index in [4.69, 9.17) is 0 Å². The van der Waals surface area contributed by atoms with Crippen LogP contribution in [0.4, 0.5) is 0 Å². The average molecular weight is 416 g/mol. The highest BCUT2D eigenvalue weighted by Gasteiger charge is 2.48. The van der Waals surface area contributed by atoms with Gasteiger partial charge in [0.25, 0.3) is 0 Å². The van der Waals surface area contributed by atoms with Crippen LogP contribution in [0.5, 0.6) is 0 Å². The third-order valence-electron chi connectivity index (χ3n) is 6.44. The lowest BCUT2D eigenvalue weighted by atomic mass is 9.63. The Balaban J connectivity index is 1.83. The van der Waals surface area contributed by atoms with E-state index in [1.54, 1.807) is 13.8 Å². The van der Waals surface area contributed by atoms with E-state index in [1.165, 1.54) is 4.31 Å². The van der Waals surface area contributed by atoms with E-state index in [1.807, 2.05) is 26.0 Å². The summed E-state index contributed by atoms with van der Waals surface area (Å²) >= 11 is 0. The third kappa shape index (κ3) is 4.17. The van der Waals surface area contributed by atoms with Crippen LogP contribution < -0.4 is 0 Å². The van der Waals surface area contributed by atoms with Gasteiger partial charge in [-0.1, -0.05) is 5.92 Å². The lowest BCUT2D eigenvalue weighted by Crippen LogP contribution is -2.48. The summed E-state index contributed by atoms with van der Waals surface area (Å²) in [6.45, 7) is 8.07. The molecule has 1 heterocycles. The number of rotatable bonds is 3. The molecule has 1 aromatic rings. The quantitative estimate of drug-likeness (QED) is 0.562. The van der Waals surface area contributed by atoms with Crippen molar-refractivity contribution in [3.05, 3.63) is 34.4 Å². The maximum atomic E-state index is 13.1. The molecule has 3 rings (SSSR count). The summed E-state index contributed by atoms with van der Waals surface area (Å²) in [5.74, 6) is 5.22. The zero-order valence-corrected chi connectivity index (χ0v) is 18.5. The average Bonchev–Trinajstić information content (AvgIpc) is 2.64. The summed E-state index contributed by atoms with van der Waals surface area (Å²) in [5, 5.41) is 0. The van der Waals surface area contributed by atoms with E-state index in [0.717, 1.165) is 22.3 Å². The molecule has 1 saturated heterocycles. The molecule has 156 valence electrons. The molecule has 6 heteroatoms. The number of hydrogen-bond acceptors (Lipinski definition) is 4. The Morgan fingerprint density at radius 1 is 1.07 bits per heavy atom. The van der Waals surface area contributed by atoms with E-state index in [2.05, 4.69) is 11.8 Å². The largest absolute Gasteiger partial charge is 0.299 e. The molecule has 0 amide bonds. The zero-order valence-electron chi connectivity index (χ0n) is 17.7. The van der Waals surface area contributed by atoms with E-state index in [-0.39, 0.29) is 22.7 Å². The predicted molar refractivity (Wildman–Crippen MR) is 113 cm³/mol. The molecule has 29 heavy (non-hydrogen) atoms. The van der Waals surface area contributed by atoms with E-state index in [9.17, 15) is 18.0 Å². The van der Waals surface area contributed by atoms with Crippen molar-refractivity contribution in [1.82, 2.24) is 4.31 Å². The maximum absolute atomic E-state index is 13.1. The highest BCUT2D eigenvalue weighted by Crippen LogP contribution is 2.47. The smallest absolute Gasteiger partial charge is 0.213 e. The highest BCUT2D eigenvalue weighted by molar-refractivity contribution is 7.89. The molecule has 2 fully saturated rings. The van der Waals surface area contributed by atoms with Gasteiger partial charge >= 0.3 is 0 Å². The first-order valence-electron chi connectivity index (χ1n) is 10.2. The molecule has 0 atom stereocenters. The van der Waals surface area contributed by atoms with Gasteiger partial charge in [0, 0.05) is 31.5 Å². The molecule has 0 radical (unpaired) electrons. The number of ketones is 2. The predicted octanol–water partition coefficient (Wildman–Crippen LogP) is 3.12. The molecule has 1 aromatic carbocycles. The number of carbonyl (C=O) groups excluding carboxylic acids is 2. The zero-order chi connectivity index (χ0) is 21.4. The lowest BCUT2D eigenvalue weighted by molar-refractivity contribution is -0.138. The second-order valence-electron chi connectivity index (χ2n) is 8.42. The SMILES string of the molecule is CC#Cc1cc(C)c(C2C(=O)CC3(CCN(S(=O)(=O)CC)CC3)CC2=O)c(C)c1. The molecule has 1 saturated carbocycles. The molecule has 0 N–H and O–H groups in total. The van der Waals surface area contributed by atoms with Gasteiger partial charge in [0.2, 0.25) is 10.0 Å². The first-order chi connectivity index (χ1) is 13.6. The van der Waals surface area contributed by atoms with Crippen LogP contribution in [0.1, 0.15) is 67.7 Å². The van der Waals surface area contributed by atoms with Crippen LogP contribution in [-0.4, -0.2) is 43.1 Å². The maximum Gasteiger partial charge on any atom is 0.213 e. The van der Waals surface area contributed by atoms with E-state index >= 15 is 0 Å². The van der Waals surface area contributed by atoms with Crippen molar-refractivity contribution < 1.29 is 18.0 Å². The fourth-order valence-electron chi connectivity index (χ4n) is 4.93. The fraction of sp³-hybridized carbons (Fsp3) is 0.565. The van der Waals surface area contributed by atoms with Crippen molar-refractivity contribution in [1.29, 1.82) is 0 Å². The van der Waals surface area contributed by atoms with Crippen LogP contribution in [0.2, 0.25) is 0 Å². The van der Waals surface area contributed by atoms with Gasteiger partial charge in [0.1, 0.15) is 17.5 Å². The van der Waals surface area contributed by atoms with Crippen molar-refractivity contribution in [3.8, 4) is 11.8 Å². The number of benzene rings is 1. The molecule has 1 aliphatic heterocycles. The summed E-state index contributed by atoms with van der Waals surface area (Å²) in [6, 6.07) is 3.88. The highest BCUT2D eigenvalue weighted by atomic mass is 32.2. The number of carbonyl (C=O) groups is 2.